The quantitative estimate of drug-likeness (QED) is 0.852. The number of rotatable bonds is 3. The smallest absolute Gasteiger partial charge is 0.410 e. The average Bonchev–Trinajstić information content (AvgIpc) is 2.91. The normalized spacial score (nSPS) is 21.1. The Morgan fingerprint density at radius 3 is 2.86 bits per heavy atom. The van der Waals surface area contributed by atoms with Crippen LogP contribution in [0.4, 0.5) is 4.79 Å². The van der Waals surface area contributed by atoms with E-state index in [1.54, 1.807) is 11.2 Å². The number of hydrogen-bond acceptors (Lipinski definition) is 4. The lowest BCUT2D eigenvalue weighted by molar-refractivity contribution is -0.0544. The van der Waals surface area contributed by atoms with Gasteiger partial charge in [-0.3, -0.25) is 0 Å². The van der Waals surface area contributed by atoms with Gasteiger partial charge in [0.2, 0.25) is 0 Å². The van der Waals surface area contributed by atoms with Crippen LogP contribution in [0, 0.1) is 0 Å². The van der Waals surface area contributed by atoms with Gasteiger partial charge in [-0.25, -0.2) is 4.79 Å². The molecule has 0 bridgehead atoms. The lowest BCUT2D eigenvalue weighted by Crippen LogP contribution is -2.45. The fraction of sp³-hybridized carbons (Fsp3) is 0.688. The van der Waals surface area contributed by atoms with Crippen molar-refractivity contribution in [1.82, 2.24) is 4.90 Å². The maximum atomic E-state index is 12.1. The van der Waals surface area contributed by atoms with Gasteiger partial charge in [0.15, 0.2) is 0 Å². The molecule has 5 heteroatoms. The minimum Gasteiger partial charge on any atom is -0.467 e. The second kappa shape index (κ2) is 6.52. The van der Waals surface area contributed by atoms with E-state index in [0.717, 1.165) is 25.1 Å². The van der Waals surface area contributed by atoms with Crippen LogP contribution < -0.4 is 0 Å². The van der Waals surface area contributed by atoms with Crippen molar-refractivity contribution >= 4 is 6.09 Å². The maximum absolute atomic E-state index is 12.1. The zero-order valence-corrected chi connectivity index (χ0v) is 13.3. The van der Waals surface area contributed by atoms with Gasteiger partial charge in [-0.05, 0) is 52.7 Å². The number of furan rings is 1. The van der Waals surface area contributed by atoms with Crippen molar-refractivity contribution in [3.05, 3.63) is 24.2 Å². The Morgan fingerprint density at radius 1 is 1.48 bits per heavy atom. The summed E-state index contributed by atoms with van der Waals surface area (Å²) in [4.78, 5) is 13.8. The van der Waals surface area contributed by atoms with Crippen molar-refractivity contribution in [2.24, 2.45) is 0 Å². The minimum absolute atomic E-state index is 0.0198. The lowest BCUT2D eigenvalue weighted by Gasteiger charge is -2.34. The van der Waals surface area contributed by atoms with Gasteiger partial charge >= 0.3 is 6.09 Å². The van der Waals surface area contributed by atoms with Crippen LogP contribution in [-0.2, 0) is 9.47 Å². The van der Waals surface area contributed by atoms with E-state index in [-0.39, 0.29) is 18.3 Å². The van der Waals surface area contributed by atoms with E-state index in [1.807, 2.05) is 39.8 Å². The molecule has 1 aromatic rings. The molecule has 0 spiro atoms. The van der Waals surface area contributed by atoms with Gasteiger partial charge in [-0.1, -0.05) is 0 Å². The standard InChI is InChI=1S/C16H25NO4/c1-12(14-8-6-10-19-14)20-13-7-5-9-17(11-13)15(18)21-16(2,3)4/h6,8,10,12-13H,5,7,9,11H2,1-4H3. The van der Waals surface area contributed by atoms with E-state index in [9.17, 15) is 4.79 Å². The Balaban J connectivity index is 1.87. The van der Waals surface area contributed by atoms with E-state index in [1.165, 1.54) is 0 Å². The first kappa shape index (κ1) is 15.9. The molecule has 2 unspecified atom stereocenters. The minimum atomic E-state index is -0.466. The lowest BCUT2D eigenvalue weighted by atomic mass is 10.1. The Bertz CT molecular complexity index is 449. The van der Waals surface area contributed by atoms with E-state index < -0.39 is 5.60 Å². The van der Waals surface area contributed by atoms with Gasteiger partial charge in [0.05, 0.1) is 18.9 Å². The number of likely N-dealkylation sites (tertiary alicyclic amines) is 1. The molecule has 0 N–H and O–H groups in total. The van der Waals surface area contributed by atoms with Crippen LogP contribution in [-0.4, -0.2) is 35.8 Å². The molecule has 118 valence electrons. The predicted molar refractivity (Wildman–Crippen MR) is 79.0 cm³/mol. The van der Waals surface area contributed by atoms with Crippen molar-refractivity contribution in [2.45, 2.75) is 58.3 Å². The molecule has 5 nitrogen and oxygen atoms in total. The van der Waals surface area contributed by atoms with E-state index in [4.69, 9.17) is 13.9 Å². The Morgan fingerprint density at radius 2 is 2.24 bits per heavy atom. The van der Waals surface area contributed by atoms with Crippen molar-refractivity contribution in [1.29, 1.82) is 0 Å². The largest absolute Gasteiger partial charge is 0.467 e. The molecular formula is C16H25NO4. The summed E-state index contributed by atoms with van der Waals surface area (Å²) in [5.74, 6) is 0.810. The third-order valence-electron chi connectivity index (χ3n) is 3.37. The van der Waals surface area contributed by atoms with E-state index >= 15 is 0 Å². The average molecular weight is 295 g/mol. The highest BCUT2D eigenvalue weighted by Crippen LogP contribution is 2.24. The maximum Gasteiger partial charge on any atom is 0.410 e. The Labute approximate surface area is 126 Å². The van der Waals surface area contributed by atoms with E-state index in [0.29, 0.717) is 6.54 Å². The van der Waals surface area contributed by atoms with Crippen molar-refractivity contribution in [3.8, 4) is 0 Å². The SMILES string of the molecule is CC(OC1CCCN(C(=O)OC(C)(C)C)C1)c1ccco1. The Kier molecular flexibility index (Phi) is 4.93. The summed E-state index contributed by atoms with van der Waals surface area (Å²) in [5.41, 5.74) is -0.466. The number of carbonyl (C=O) groups is 1. The summed E-state index contributed by atoms with van der Waals surface area (Å²) in [6, 6.07) is 3.75. The molecule has 0 aliphatic carbocycles. The van der Waals surface area contributed by atoms with Gasteiger partial charge in [-0.15, -0.1) is 0 Å². The number of nitrogens with zero attached hydrogens (tertiary/aromatic N) is 1. The van der Waals surface area contributed by atoms with Crippen LogP contribution >= 0.6 is 0 Å². The van der Waals surface area contributed by atoms with Gasteiger partial charge < -0.3 is 18.8 Å². The first-order chi connectivity index (χ1) is 9.85. The van der Waals surface area contributed by atoms with Crippen molar-refractivity contribution in [2.75, 3.05) is 13.1 Å². The van der Waals surface area contributed by atoms with Gasteiger partial charge in [-0.2, -0.15) is 0 Å². The van der Waals surface area contributed by atoms with Crippen LogP contribution in [0.25, 0.3) is 0 Å². The molecule has 0 saturated carbocycles. The number of amides is 1. The highest BCUT2D eigenvalue weighted by atomic mass is 16.6. The molecule has 1 aliphatic heterocycles. The summed E-state index contributed by atoms with van der Waals surface area (Å²) >= 11 is 0. The van der Waals surface area contributed by atoms with Gasteiger partial charge in [0, 0.05) is 6.54 Å². The molecule has 1 fully saturated rings. The highest BCUT2D eigenvalue weighted by Gasteiger charge is 2.29. The molecule has 1 aliphatic rings. The molecule has 1 saturated heterocycles. The topological polar surface area (TPSA) is 51.9 Å². The third kappa shape index (κ3) is 4.77. The van der Waals surface area contributed by atoms with Crippen LogP contribution in [0.2, 0.25) is 0 Å². The summed E-state index contributed by atoms with van der Waals surface area (Å²) in [5, 5.41) is 0. The van der Waals surface area contributed by atoms with Gasteiger partial charge in [0.1, 0.15) is 17.5 Å². The third-order valence-corrected chi connectivity index (χ3v) is 3.37. The fourth-order valence-corrected chi connectivity index (χ4v) is 2.42. The molecule has 2 rings (SSSR count). The zero-order chi connectivity index (χ0) is 15.5. The van der Waals surface area contributed by atoms with Crippen LogP contribution in [0.3, 0.4) is 0 Å². The van der Waals surface area contributed by atoms with Crippen molar-refractivity contribution < 1.29 is 18.7 Å². The molecule has 21 heavy (non-hydrogen) atoms. The first-order valence-electron chi connectivity index (χ1n) is 7.52. The predicted octanol–water partition coefficient (Wildman–Crippen LogP) is 3.76. The number of ether oxygens (including phenoxy) is 2. The van der Waals surface area contributed by atoms with Crippen LogP contribution in [0.1, 0.15) is 52.4 Å². The second-order valence-electron chi connectivity index (χ2n) is 6.48. The number of hydrogen-bond donors (Lipinski definition) is 0. The number of carbonyl (C=O) groups excluding carboxylic acids is 1. The zero-order valence-electron chi connectivity index (χ0n) is 13.3. The molecule has 1 aromatic heterocycles. The molecule has 2 atom stereocenters. The number of piperidine rings is 1. The summed E-state index contributed by atoms with van der Waals surface area (Å²) in [6.45, 7) is 8.89. The summed E-state index contributed by atoms with van der Waals surface area (Å²) in [6.07, 6.45) is 3.17. The summed E-state index contributed by atoms with van der Waals surface area (Å²) < 4.78 is 16.8. The summed E-state index contributed by atoms with van der Waals surface area (Å²) in [7, 11) is 0. The molecule has 0 aromatic carbocycles. The van der Waals surface area contributed by atoms with Crippen LogP contribution in [0.5, 0.6) is 0 Å². The molecule has 0 radical (unpaired) electrons. The molecule has 1 amide bonds. The van der Waals surface area contributed by atoms with Crippen molar-refractivity contribution in [3.63, 3.8) is 0 Å². The molecule has 2 heterocycles. The van der Waals surface area contributed by atoms with Gasteiger partial charge in [0.25, 0.3) is 0 Å². The first-order valence-corrected chi connectivity index (χ1v) is 7.52. The van der Waals surface area contributed by atoms with E-state index in [2.05, 4.69) is 0 Å². The monoisotopic (exact) mass is 295 g/mol. The fourth-order valence-electron chi connectivity index (χ4n) is 2.42. The highest BCUT2D eigenvalue weighted by molar-refractivity contribution is 5.68. The second-order valence-corrected chi connectivity index (χ2v) is 6.48. The van der Waals surface area contributed by atoms with Crippen LogP contribution in [0.15, 0.2) is 22.8 Å². The molecular weight excluding hydrogens is 270 g/mol. The Hall–Kier alpha value is -1.49.